The average Bonchev–Trinajstić information content (AvgIpc) is 2.04. The zero-order valence-electron chi connectivity index (χ0n) is 6.29. The molecular weight excluding hydrogens is 263 g/mol. The van der Waals surface area contributed by atoms with E-state index in [1.54, 1.807) is 0 Å². The van der Waals surface area contributed by atoms with Gasteiger partial charge in [0.1, 0.15) is 5.82 Å². The lowest BCUT2D eigenvalue weighted by Crippen LogP contribution is -1.90. The van der Waals surface area contributed by atoms with Crippen molar-refractivity contribution in [3.05, 3.63) is 33.9 Å². The van der Waals surface area contributed by atoms with E-state index in [9.17, 15) is 0 Å². The number of halogens is 1. The second kappa shape index (κ2) is 2.90. The SMILES string of the molecule is Nc1ccc2c(I)cccc2n1. The number of fused-ring (bicyclic) bond motifs is 1. The van der Waals surface area contributed by atoms with E-state index in [1.807, 2.05) is 24.3 Å². The molecule has 12 heavy (non-hydrogen) atoms. The van der Waals surface area contributed by atoms with Crippen molar-refractivity contribution in [1.82, 2.24) is 4.98 Å². The fourth-order valence-corrected chi connectivity index (χ4v) is 1.80. The van der Waals surface area contributed by atoms with Crippen LogP contribution in [0.5, 0.6) is 0 Å². The van der Waals surface area contributed by atoms with E-state index < -0.39 is 0 Å². The summed E-state index contributed by atoms with van der Waals surface area (Å²) >= 11 is 2.29. The number of benzene rings is 1. The summed E-state index contributed by atoms with van der Waals surface area (Å²) in [4.78, 5) is 4.21. The molecule has 0 spiro atoms. The van der Waals surface area contributed by atoms with Gasteiger partial charge in [-0.2, -0.15) is 0 Å². The highest BCUT2D eigenvalue weighted by Crippen LogP contribution is 2.19. The van der Waals surface area contributed by atoms with Gasteiger partial charge in [0.15, 0.2) is 0 Å². The fraction of sp³-hybridized carbons (Fsp3) is 0. The van der Waals surface area contributed by atoms with Gasteiger partial charge in [0.05, 0.1) is 5.52 Å². The summed E-state index contributed by atoms with van der Waals surface area (Å²) in [6, 6.07) is 9.83. The molecule has 0 aliphatic rings. The Morgan fingerprint density at radius 1 is 1.17 bits per heavy atom. The Balaban J connectivity index is 2.86. The van der Waals surface area contributed by atoms with Gasteiger partial charge in [0.2, 0.25) is 0 Å². The molecule has 0 radical (unpaired) electrons. The molecule has 2 aromatic rings. The smallest absolute Gasteiger partial charge is 0.124 e. The van der Waals surface area contributed by atoms with Crippen LogP contribution >= 0.6 is 22.6 Å². The molecular formula is C9H7IN2. The lowest BCUT2D eigenvalue weighted by Gasteiger charge is -1.99. The highest BCUT2D eigenvalue weighted by molar-refractivity contribution is 14.1. The zero-order valence-corrected chi connectivity index (χ0v) is 8.45. The Labute approximate surface area is 83.9 Å². The quantitative estimate of drug-likeness (QED) is 0.747. The Hall–Kier alpha value is -0.840. The third kappa shape index (κ3) is 1.24. The lowest BCUT2D eigenvalue weighted by molar-refractivity contribution is 1.41. The second-order valence-electron chi connectivity index (χ2n) is 2.54. The van der Waals surface area contributed by atoms with Crippen molar-refractivity contribution >= 4 is 39.3 Å². The first-order chi connectivity index (χ1) is 5.77. The average molecular weight is 270 g/mol. The van der Waals surface area contributed by atoms with Crippen molar-refractivity contribution in [3.63, 3.8) is 0 Å². The monoisotopic (exact) mass is 270 g/mol. The number of aromatic nitrogens is 1. The minimum Gasteiger partial charge on any atom is -0.384 e. The number of rotatable bonds is 0. The van der Waals surface area contributed by atoms with E-state index in [4.69, 9.17) is 5.73 Å². The Morgan fingerprint density at radius 2 is 2.00 bits per heavy atom. The van der Waals surface area contributed by atoms with Gasteiger partial charge < -0.3 is 5.73 Å². The van der Waals surface area contributed by atoms with Crippen LogP contribution in [-0.4, -0.2) is 4.98 Å². The molecule has 2 nitrogen and oxygen atoms in total. The van der Waals surface area contributed by atoms with Crippen molar-refractivity contribution in [3.8, 4) is 0 Å². The molecule has 0 atom stereocenters. The lowest BCUT2D eigenvalue weighted by atomic mass is 10.2. The number of pyridine rings is 1. The van der Waals surface area contributed by atoms with Crippen molar-refractivity contribution < 1.29 is 0 Å². The fourth-order valence-electron chi connectivity index (χ4n) is 1.13. The van der Waals surface area contributed by atoms with Crippen molar-refractivity contribution in [1.29, 1.82) is 0 Å². The van der Waals surface area contributed by atoms with Crippen molar-refractivity contribution in [2.45, 2.75) is 0 Å². The van der Waals surface area contributed by atoms with Crippen LogP contribution in [0.2, 0.25) is 0 Å². The van der Waals surface area contributed by atoms with E-state index >= 15 is 0 Å². The van der Waals surface area contributed by atoms with Crippen molar-refractivity contribution in [2.75, 3.05) is 5.73 Å². The van der Waals surface area contributed by atoms with Gasteiger partial charge in [-0.15, -0.1) is 0 Å². The van der Waals surface area contributed by atoms with Crippen LogP contribution in [0, 0.1) is 3.57 Å². The zero-order chi connectivity index (χ0) is 8.55. The van der Waals surface area contributed by atoms with Gasteiger partial charge in [-0.05, 0) is 46.9 Å². The summed E-state index contributed by atoms with van der Waals surface area (Å²) in [6.07, 6.45) is 0. The summed E-state index contributed by atoms with van der Waals surface area (Å²) in [6.45, 7) is 0. The molecule has 0 saturated heterocycles. The summed E-state index contributed by atoms with van der Waals surface area (Å²) < 4.78 is 1.21. The summed E-state index contributed by atoms with van der Waals surface area (Å²) in [5.41, 5.74) is 6.52. The van der Waals surface area contributed by atoms with Gasteiger partial charge >= 0.3 is 0 Å². The molecule has 0 amide bonds. The molecule has 0 aliphatic heterocycles. The van der Waals surface area contributed by atoms with Crippen LogP contribution in [0.1, 0.15) is 0 Å². The molecule has 2 N–H and O–H groups in total. The first-order valence-corrected chi connectivity index (χ1v) is 4.66. The van der Waals surface area contributed by atoms with Crippen LogP contribution in [0.25, 0.3) is 10.9 Å². The molecule has 0 fully saturated rings. The Kier molecular flexibility index (Phi) is 1.88. The van der Waals surface area contributed by atoms with Crippen LogP contribution in [0.3, 0.4) is 0 Å². The van der Waals surface area contributed by atoms with Crippen LogP contribution in [0.4, 0.5) is 5.82 Å². The second-order valence-corrected chi connectivity index (χ2v) is 3.70. The summed E-state index contributed by atoms with van der Waals surface area (Å²) in [5, 5.41) is 1.16. The highest BCUT2D eigenvalue weighted by atomic mass is 127. The van der Waals surface area contributed by atoms with Crippen LogP contribution < -0.4 is 5.73 Å². The van der Waals surface area contributed by atoms with Crippen LogP contribution in [0.15, 0.2) is 30.3 Å². The molecule has 1 heterocycles. The molecule has 1 aromatic heterocycles. The number of hydrogen-bond donors (Lipinski definition) is 1. The van der Waals surface area contributed by atoms with E-state index in [2.05, 4.69) is 33.6 Å². The molecule has 0 bridgehead atoms. The topological polar surface area (TPSA) is 38.9 Å². The summed E-state index contributed by atoms with van der Waals surface area (Å²) in [5.74, 6) is 0.574. The maximum Gasteiger partial charge on any atom is 0.124 e. The first kappa shape index (κ1) is 7.79. The summed E-state index contributed by atoms with van der Waals surface area (Å²) in [7, 11) is 0. The van der Waals surface area contributed by atoms with E-state index in [-0.39, 0.29) is 0 Å². The minimum atomic E-state index is 0.574. The molecule has 0 saturated carbocycles. The predicted octanol–water partition coefficient (Wildman–Crippen LogP) is 2.42. The third-order valence-electron chi connectivity index (χ3n) is 1.70. The molecule has 60 valence electrons. The first-order valence-electron chi connectivity index (χ1n) is 3.58. The van der Waals surface area contributed by atoms with Gasteiger partial charge in [-0.25, -0.2) is 4.98 Å². The largest absolute Gasteiger partial charge is 0.384 e. The molecule has 1 aromatic carbocycles. The number of anilines is 1. The minimum absolute atomic E-state index is 0.574. The molecule has 0 unspecified atom stereocenters. The van der Waals surface area contributed by atoms with Gasteiger partial charge in [0.25, 0.3) is 0 Å². The third-order valence-corrected chi connectivity index (χ3v) is 2.64. The van der Waals surface area contributed by atoms with Crippen LogP contribution in [-0.2, 0) is 0 Å². The van der Waals surface area contributed by atoms with Gasteiger partial charge in [0, 0.05) is 8.96 Å². The number of nitrogens with zero attached hydrogens (tertiary/aromatic N) is 1. The molecule has 2 rings (SSSR count). The van der Waals surface area contributed by atoms with Gasteiger partial charge in [-0.1, -0.05) is 6.07 Å². The standard InChI is InChI=1S/C9H7IN2/c10-7-2-1-3-8-6(7)4-5-9(11)12-8/h1-5H,(H2,11,12). The van der Waals surface area contributed by atoms with Gasteiger partial charge in [-0.3, -0.25) is 0 Å². The van der Waals surface area contributed by atoms with Crippen molar-refractivity contribution in [2.24, 2.45) is 0 Å². The maximum absolute atomic E-state index is 5.56. The molecule has 3 heteroatoms. The van der Waals surface area contributed by atoms with E-state index in [0.717, 1.165) is 10.9 Å². The number of hydrogen-bond acceptors (Lipinski definition) is 2. The maximum atomic E-state index is 5.56. The molecule has 0 aliphatic carbocycles. The normalized spacial score (nSPS) is 10.4. The Morgan fingerprint density at radius 3 is 2.83 bits per heavy atom. The predicted molar refractivity (Wildman–Crippen MR) is 58.9 cm³/mol. The number of nitrogens with two attached hydrogens (primary N) is 1. The highest BCUT2D eigenvalue weighted by Gasteiger charge is 1.97. The number of nitrogen functional groups attached to an aromatic ring is 1. The van der Waals surface area contributed by atoms with E-state index in [0.29, 0.717) is 5.82 Å². The Bertz CT molecular complexity index is 426. The van der Waals surface area contributed by atoms with E-state index in [1.165, 1.54) is 3.57 Å².